The van der Waals surface area contributed by atoms with Crippen molar-refractivity contribution in [3.05, 3.63) is 59.4 Å². The molecule has 0 bridgehead atoms. The maximum Gasteiger partial charge on any atom is 0.250 e. The summed E-state index contributed by atoms with van der Waals surface area (Å²) in [4.78, 5) is 25.1. The first kappa shape index (κ1) is 21.6. The van der Waals surface area contributed by atoms with E-state index in [0.717, 1.165) is 5.39 Å². The largest absolute Gasteiger partial charge is 0.496 e. The molecule has 3 rings (SSSR count). The zero-order valence-corrected chi connectivity index (χ0v) is 18.4. The standard InChI is InChI=1S/C17H9Cl6N3O2/c1-28-10-7-6-8-4-2-3-5-9(8)11(10)12(27)13-24-14(16(18,19)20)26-15(25-13)17(21,22)23/h2-7H,1H3. The number of hydrogen-bond donors (Lipinski definition) is 0. The number of halogens is 6. The molecule has 3 aromatic rings. The first-order valence-corrected chi connectivity index (χ1v) is 9.80. The minimum absolute atomic E-state index is 0.220. The molecule has 0 aliphatic carbocycles. The zero-order valence-electron chi connectivity index (χ0n) is 13.9. The van der Waals surface area contributed by atoms with E-state index in [4.69, 9.17) is 74.3 Å². The van der Waals surface area contributed by atoms with Gasteiger partial charge in [0, 0.05) is 0 Å². The Morgan fingerprint density at radius 3 is 1.96 bits per heavy atom. The molecule has 0 amide bonds. The van der Waals surface area contributed by atoms with Gasteiger partial charge in [-0.05, 0) is 16.8 Å². The number of benzene rings is 2. The van der Waals surface area contributed by atoms with Gasteiger partial charge in [0.2, 0.25) is 19.2 Å². The number of nitrogens with zero attached hydrogens (tertiary/aromatic N) is 3. The molecule has 0 unspecified atom stereocenters. The number of ether oxygens (including phenoxy) is 1. The molecular weight excluding hydrogens is 491 g/mol. The van der Waals surface area contributed by atoms with Crippen LogP contribution in [0.15, 0.2) is 36.4 Å². The van der Waals surface area contributed by atoms with Gasteiger partial charge in [0.1, 0.15) is 5.75 Å². The number of carbonyl (C=O) groups excluding carboxylic acids is 1. The number of alkyl halides is 6. The number of ketones is 1. The van der Waals surface area contributed by atoms with Gasteiger partial charge < -0.3 is 4.74 Å². The van der Waals surface area contributed by atoms with Crippen LogP contribution in [0.25, 0.3) is 10.8 Å². The van der Waals surface area contributed by atoms with Crippen LogP contribution in [-0.4, -0.2) is 27.8 Å². The minimum atomic E-state index is -2.06. The predicted molar refractivity (Wildman–Crippen MR) is 112 cm³/mol. The van der Waals surface area contributed by atoms with E-state index in [-0.39, 0.29) is 23.0 Å². The van der Waals surface area contributed by atoms with Crippen LogP contribution in [0, 0.1) is 0 Å². The van der Waals surface area contributed by atoms with E-state index in [1.54, 1.807) is 18.2 Å². The molecule has 0 radical (unpaired) electrons. The first-order valence-electron chi connectivity index (χ1n) is 7.53. The van der Waals surface area contributed by atoms with Crippen molar-refractivity contribution in [3.63, 3.8) is 0 Å². The normalized spacial score (nSPS) is 12.2. The van der Waals surface area contributed by atoms with Crippen molar-refractivity contribution < 1.29 is 9.53 Å². The van der Waals surface area contributed by atoms with Crippen molar-refractivity contribution in [3.8, 4) is 5.75 Å². The quantitative estimate of drug-likeness (QED) is 0.330. The molecule has 1 heterocycles. The monoisotopic (exact) mass is 497 g/mol. The van der Waals surface area contributed by atoms with Gasteiger partial charge in [-0.15, -0.1) is 0 Å². The smallest absolute Gasteiger partial charge is 0.250 e. The van der Waals surface area contributed by atoms with Gasteiger partial charge in [-0.25, -0.2) is 15.0 Å². The highest BCUT2D eigenvalue weighted by Gasteiger charge is 2.35. The van der Waals surface area contributed by atoms with Crippen molar-refractivity contribution in [2.75, 3.05) is 7.11 Å². The Bertz CT molecular complexity index is 1030. The number of methoxy groups -OCH3 is 1. The van der Waals surface area contributed by atoms with E-state index in [1.807, 2.05) is 18.2 Å². The lowest BCUT2D eigenvalue weighted by Gasteiger charge is -2.16. The third-order valence-corrected chi connectivity index (χ3v) is 4.70. The molecule has 11 heteroatoms. The molecular formula is C17H9Cl6N3O2. The summed E-state index contributed by atoms with van der Waals surface area (Å²) in [5, 5.41) is 1.43. The second-order valence-electron chi connectivity index (χ2n) is 5.49. The second kappa shape index (κ2) is 7.98. The van der Waals surface area contributed by atoms with E-state index in [1.165, 1.54) is 7.11 Å². The Balaban J connectivity index is 2.27. The molecule has 28 heavy (non-hydrogen) atoms. The van der Waals surface area contributed by atoms with Crippen LogP contribution < -0.4 is 4.74 Å². The average Bonchev–Trinajstić information content (AvgIpc) is 2.64. The van der Waals surface area contributed by atoms with E-state index >= 15 is 0 Å². The Kier molecular flexibility index (Phi) is 6.16. The van der Waals surface area contributed by atoms with E-state index < -0.39 is 13.4 Å². The van der Waals surface area contributed by atoms with Crippen molar-refractivity contribution in [1.29, 1.82) is 0 Å². The maximum atomic E-state index is 13.3. The highest BCUT2D eigenvalue weighted by atomic mass is 35.6. The number of aromatic nitrogens is 3. The predicted octanol–water partition coefficient (Wildman–Crippen LogP) is 5.92. The van der Waals surface area contributed by atoms with Crippen LogP contribution in [-0.2, 0) is 7.59 Å². The van der Waals surface area contributed by atoms with Gasteiger partial charge in [0.25, 0.3) is 0 Å². The number of fused-ring (bicyclic) bond motifs is 1. The Hall–Kier alpha value is -1.08. The van der Waals surface area contributed by atoms with Crippen LogP contribution in [0.4, 0.5) is 0 Å². The molecule has 0 saturated heterocycles. The van der Waals surface area contributed by atoms with Crippen LogP contribution in [0.1, 0.15) is 27.8 Å². The fourth-order valence-corrected chi connectivity index (χ4v) is 3.01. The lowest BCUT2D eigenvalue weighted by molar-refractivity contribution is 0.102. The lowest BCUT2D eigenvalue weighted by atomic mass is 10.00. The molecule has 0 saturated carbocycles. The summed E-state index contributed by atoms with van der Waals surface area (Å²) in [6, 6.07) is 10.7. The molecule has 0 aliphatic rings. The summed E-state index contributed by atoms with van der Waals surface area (Å²) in [5.41, 5.74) is 0.220. The zero-order chi connectivity index (χ0) is 20.7. The number of hydrogen-bond acceptors (Lipinski definition) is 5. The molecule has 0 atom stereocenters. The van der Waals surface area contributed by atoms with Crippen molar-refractivity contribution >= 4 is 86.2 Å². The van der Waals surface area contributed by atoms with Crippen molar-refractivity contribution in [1.82, 2.24) is 15.0 Å². The van der Waals surface area contributed by atoms with Gasteiger partial charge in [-0.3, -0.25) is 4.79 Å². The van der Waals surface area contributed by atoms with Gasteiger partial charge >= 0.3 is 0 Å². The summed E-state index contributed by atoms with van der Waals surface area (Å²) >= 11 is 35.2. The number of carbonyl (C=O) groups is 1. The fraction of sp³-hybridized carbons (Fsp3) is 0.176. The van der Waals surface area contributed by atoms with Crippen LogP contribution in [0.3, 0.4) is 0 Å². The number of rotatable bonds is 3. The highest BCUT2D eigenvalue weighted by Crippen LogP contribution is 2.40. The topological polar surface area (TPSA) is 65.0 Å². The van der Waals surface area contributed by atoms with Crippen LogP contribution in [0.2, 0.25) is 0 Å². The average molecular weight is 500 g/mol. The Labute approximate surface area is 189 Å². The summed E-state index contributed by atoms with van der Waals surface area (Å²) in [6.45, 7) is 0. The first-order chi connectivity index (χ1) is 13.0. The van der Waals surface area contributed by atoms with Gasteiger partial charge in [-0.1, -0.05) is 99.9 Å². The van der Waals surface area contributed by atoms with Gasteiger partial charge in [-0.2, -0.15) is 0 Å². The summed E-state index contributed by atoms with van der Waals surface area (Å²) in [6.07, 6.45) is 0. The maximum absolute atomic E-state index is 13.3. The van der Waals surface area contributed by atoms with E-state index in [9.17, 15) is 4.79 Å². The van der Waals surface area contributed by atoms with Crippen LogP contribution >= 0.6 is 69.6 Å². The molecule has 0 aliphatic heterocycles. The third kappa shape index (κ3) is 4.40. The Morgan fingerprint density at radius 2 is 1.43 bits per heavy atom. The SMILES string of the molecule is COc1ccc2ccccc2c1C(=O)c1nc(C(Cl)(Cl)Cl)nc(C(Cl)(Cl)Cl)n1. The summed E-state index contributed by atoms with van der Waals surface area (Å²) < 4.78 is 1.21. The molecule has 0 N–H and O–H groups in total. The molecule has 146 valence electrons. The van der Waals surface area contributed by atoms with Gasteiger partial charge in [0.05, 0.1) is 12.7 Å². The van der Waals surface area contributed by atoms with E-state index in [0.29, 0.717) is 11.1 Å². The summed E-state index contributed by atoms with van der Waals surface area (Å²) in [5.74, 6) is -1.35. The van der Waals surface area contributed by atoms with Gasteiger partial charge in [0.15, 0.2) is 11.6 Å². The van der Waals surface area contributed by atoms with Crippen molar-refractivity contribution in [2.24, 2.45) is 0 Å². The van der Waals surface area contributed by atoms with Crippen LogP contribution in [0.5, 0.6) is 5.75 Å². The third-order valence-electron chi connectivity index (χ3n) is 3.68. The molecule has 0 fully saturated rings. The van der Waals surface area contributed by atoms with Crippen molar-refractivity contribution in [2.45, 2.75) is 7.59 Å². The fourth-order valence-electron chi connectivity index (χ4n) is 2.50. The Morgan fingerprint density at radius 1 is 0.857 bits per heavy atom. The molecule has 0 spiro atoms. The van der Waals surface area contributed by atoms with E-state index in [2.05, 4.69) is 15.0 Å². The lowest BCUT2D eigenvalue weighted by Crippen LogP contribution is -2.21. The molecule has 5 nitrogen and oxygen atoms in total. The minimum Gasteiger partial charge on any atom is -0.496 e. The highest BCUT2D eigenvalue weighted by molar-refractivity contribution is 6.67. The molecule has 1 aromatic heterocycles. The molecule has 2 aromatic carbocycles. The summed E-state index contributed by atoms with van der Waals surface area (Å²) in [7, 11) is 1.44. The second-order valence-corrected chi connectivity index (χ2v) is 10.1.